The molecule has 4 N–H and O–H groups in total. The number of hydrazine groups is 1. The summed E-state index contributed by atoms with van der Waals surface area (Å²) in [7, 11) is -2.80. The van der Waals surface area contributed by atoms with Crippen LogP contribution >= 0.6 is 7.37 Å². The van der Waals surface area contributed by atoms with Gasteiger partial charge in [0.05, 0.1) is 0 Å². The van der Waals surface area contributed by atoms with E-state index in [1.165, 1.54) is 6.66 Å². The zero-order valence-corrected chi connectivity index (χ0v) is 8.08. The number of hydroxylamine groups is 1. The summed E-state index contributed by atoms with van der Waals surface area (Å²) in [6.07, 6.45) is 1.06. The molecule has 2 amide bonds. The maximum Gasteiger partial charge on any atom is 0.354 e. The SMILES string of the molecule is CCCP(C)(=O)ON(N)C(N)=O. The van der Waals surface area contributed by atoms with E-state index in [4.69, 9.17) is 11.6 Å². The highest BCUT2D eigenvalue weighted by molar-refractivity contribution is 7.58. The van der Waals surface area contributed by atoms with Crippen LogP contribution in [0.1, 0.15) is 13.3 Å². The molecule has 7 heteroatoms. The maximum absolute atomic E-state index is 11.4. The van der Waals surface area contributed by atoms with E-state index in [9.17, 15) is 9.36 Å². The van der Waals surface area contributed by atoms with E-state index in [1.54, 1.807) is 0 Å². The van der Waals surface area contributed by atoms with Crippen molar-refractivity contribution in [2.24, 2.45) is 11.6 Å². The van der Waals surface area contributed by atoms with Gasteiger partial charge in [-0.05, 0) is 6.42 Å². The Morgan fingerprint density at radius 3 is 2.50 bits per heavy atom. The topological polar surface area (TPSA) is 98.7 Å². The summed E-state index contributed by atoms with van der Waals surface area (Å²) >= 11 is 0. The molecular weight excluding hydrogens is 181 g/mol. The van der Waals surface area contributed by atoms with Gasteiger partial charge in [-0.1, -0.05) is 6.92 Å². The van der Waals surface area contributed by atoms with Crippen LogP contribution in [0.5, 0.6) is 0 Å². The Kier molecular flexibility index (Phi) is 4.23. The van der Waals surface area contributed by atoms with Crippen molar-refractivity contribution < 1.29 is 14.0 Å². The average molecular weight is 195 g/mol. The summed E-state index contributed by atoms with van der Waals surface area (Å²) in [6.45, 7) is 3.25. The third kappa shape index (κ3) is 4.33. The normalized spacial score (nSPS) is 15.2. The average Bonchev–Trinajstić information content (AvgIpc) is 1.85. The van der Waals surface area contributed by atoms with Crippen molar-refractivity contribution in [2.75, 3.05) is 12.8 Å². The minimum absolute atomic E-state index is 0.302. The molecule has 0 fully saturated rings. The van der Waals surface area contributed by atoms with Gasteiger partial charge in [0.1, 0.15) is 0 Å². The first-order chi connectivity index (χ1) is 5.39. The number of primary amides is 1. The first-order valence-corrected chi connectivity index (χ1v) is 5.75. The summed E-state index contributed by atoms with van der Waals surface area (Å²) in [6, 6.07) is -0.965. The third-order valence-electron chi connectivity index (χ3n) is 1.11. The Hall–Kier alpha value is -0.580. The van der Waals surface area contributed by atoms with Gasteiger partial charge in [-0.3, -0.25) is 4.57 Å². The van der Waals surface area contributed by atoms with Crippen molar-refractivity contribution >= 4 is 13.4 Å². The van der Waals surface area contributed by atoms with Crippen molar-refractivity contribution in [1.29, 1.82) is 0 Å². The zero-order valence-electron chi connectivity index (χ0n) is 7.19. The maximum atomic E-state index is 11.4. The number of amides is 2. The van der Waals surface area contributed by atoms with Gasteiger partial charge in [0.25, 0.3) is 0 Å². The fraction of sp³-hybridized carbons (Fsp3) is 0.800. The van der Waals surface area contributed by atoms with E-state index in [0.29, 0.717) is 17.8 Å². The second kappa shape index (κ2) is 4.45. The number of nitrogens with two attached hydrogens (primary N) is 2. The highest BCUT2D eigenvalue weighted by atomic mass is 31.2. The molecule has 0 rings (SSSR count). The predicted molar refractivity (Wildman–Crippen MR) is 45.4 cm³/mol. The second-order valence-corrected chi connectivity index (χ2v) is 5.12. The lowest BCUT2D eigenvalue weighted by atomic mass is 10.6. The highest BCUT2D eigenvalue weighted by Crippen LogP contribution is 2.43. The summed E-state index contributed by atoms with van der Waals surface area (Å²) in [5.41, 5.74) is 4.76. The summed E-state index contributed by atoms with van der Waals surface area (Å²) < 4.78 is 16.0. The van der Waals surface area contributed by atoms with Crippen LogP contribution in [0.25, 0.3) is 0 Å². The van der Waals surface area contributed by atoms with E-state index in [2.05, 4.69) is 4.62 Å². The molecule has 1 unspecified atom stereocenters. The van der Waals surface area contributed by atoms with Gasteiger partial charge in [0, 0.05) is 12.8 Å². The molecular formula is C5H14N3O3P. The van der Waals surface area contributed by atoms with E-state index >= 15 is 0 Å². The summed E-state index contributed by atoms with van der Waals surface area (Å²) in [5.74, 6) is 5.00. The highest BCUT2D eigenvalue weighted by Gasteiger charge is 2.20. The Morgan fingerprint density at radius 1 is 1.67 bits per heavy atom. The van der Waals surface area contributed by atoms with Crippen LogP contribution in [0.15, 0.2) is 0 Å². The number of hydrogen-bond donors (Lipinski definition) is 2. The van der Waals surface area contributed by atoms with E-state index in [0.717, 1.165) is 0 Å². The number of urea groups is 1. The van der Waals surface area contributed by atoms with Crippen LogP contribution < -0.4 is 11.6 Å². The van der Waals surface area contributed by atoms with Crippen LogP contribution in [0.3, 0.4) is 0 Å². The van der Waals surface area contributed by atoms with Gasteiger partial charge in [-0.15, -0.1) is 5.17 Å². The van der Waals surface area contributed by atoms with Crippen LogP contribution in [0, 0.1) is 0 Å². The quantitative estimate of drug-likeness (QED) is 0.295. The smallest absolute Gasteiger partial charge is 0.349 e. The Bertz CT molecular complexity index is 208. The van der Waals surface area contributed by atoms with Crippen LogP contribution in [-0.2, 0) is 9.19 Å². The Labute approximate surface area is 71.2 Å². The molecule has 12 heavy (non-hydrogen) atoms. The van der Waals surface area contributed by atoms with Crippen LogP contribution in [0.4, 0.5) is 4.79 Å². The molecule has 0 aliphatic heterocycles. The number of carbonyl (C=O) groups excluding carboxylic acids is 1. The van der Waals surface area contributed by atoms with Crippen molar-refractivity contribution in [1.82, 2.24) is 5.17 Å². The molecule has 72 valence electrons. The molecule has 0 aromatic carbocycles. The minimum atomic E-state index is -2.80. The van der Waals surface area contributed by atoms with E-state index < -0.39 is 13.4 Å². The largest absolute Gasteiger partial charge is 0.354 e. The number of hydrogen-bond acceptors (Lipinski definition) is 4. The fourth-order valence-corrected chi connectivity index (χ4v) is 2.02. The number of nitrogens with zero attached hydrogens (tertiary/aromatic N) is 1. The summed E-state index contributed by atoms with van der Waals surface area (Å²) in [4.78, 5) is 10.4. The third-order valence-corrected chi connectivity index (χ3v) is 2.89. The molecule has 0 saturated heterocycles. The second-order valence-electron chi connectivity index (χ2n) is 2.48. The molecule has 0 aliphatic carbocycles. The van der Waals surface area contributed by atoms with Crippen molar-refractivity contribution in [3.63, 3.8) is 0 Å². The molecule has 6 nitrogen and oxygen atoms in total. The van der Waals surface area contributed by atoms with Gasteiger partial charge >= 0.3 is 6.03 Å². The van der Waals surface area contributed by atoms with Crippen LogP contribution in [0.2, 0.25) is 0 Å². The molecule has 0 spiro atoms. The Morgan fingerprint density at radius 2 is 2.17 bits per heavy atom. The fourth-order valence-electron chi connectivity index (χ4n) is 0.673. The molecule has 0 aromatic heterocycles. The number of carbonyl (C=O) groups is 1. The van der Waals surface area contributed by atoms with Gasteiger partial charge in [-0.2, -0.15) is 4.62 Å². The first-order valence-electron chi connectivity index (χ1n) is 3.49. The molecule has 0 radical (unpaired) electrons. The lowest BCUT2D eigenvalue weighted by Crippen LogP contribution is -2.40. The molecule has 0 heterocycles. The lowest BCUT2D eigenvalue weighted by molar-refractivity contribution is -0.00610. The number of rotatable bonds is 4. The zero-order chi connectivity index (χ0) is 9.78. The van der Waals surface area contributed by atoms with Gasteiger partial charge in [0.2, 0.25) is 7.37 Å². The van der Waals surface area contributed by atoms with Gasteiger partial charge in [-0.25, -0.2) is 10.6 Å². The molecule has 0 saturated carbocycles. The minimum Gasteiger partial charge on any atom is -0.349 e. The Balaban J connectivity index is 4.05. The lowest BCUT2D eigenvalue weighted by Gasteiger charge is -2.18. The van der Waals surface area contributed by atoms with Crippen LogP contribution in [-0.4, -0.2) is 24.0 Å². The van der Waals surface area contributed by atoms with Crippen molar-refractivity contribution in [3.05, 3.63) is 0 Å². The predicted octanol–water partition coefficient (Wildman–Crippen LogP) is 0.490. The standard InChI is InChI=1S/C5H14N3O3P/c1-3-4-12(2,10)11-8(7)5(6)9/h3-4,7H2,1-2H3,(H2,6,9). The molecule has 0 aromatic rings. The summed E-state index contributed by atoms with van der Waals surface area (Å²) in [5, 5.41) is 0.302. The van der Waals surface area contributed by atoms with E-state index in [1.807, 2.05) is 6.92 Å². The van der Waals surface area contributed by atoms with Gasteiger partial charge < -0.3 is 5.73 Å². The van der Waals surface area contributed by atoms with Gasteiger partial charge in [0.15, 0.2) is 0 Å². The van der Waals surface area contributed by atoms with Crippen molar-refractivity contribution in [2.45, 2.75) is 13.3 Å². The first kappa shape index (κ1) is 11.4. The molecule has 0 aliphatic rings. The van der Waals surface area contributed by atoms with Crippen molar-refractivity contribution in [3.8, 4) is 0 Å². The molecule has 0 bridgehead atoms. The molecule has 1 atom stereocenters. The monoisotopic (exact) mass is 195 g/mol. The van der Waals surface area contributed by atoms with E-state index in [-0.39, 0.29) is 0 Å².